The van der Waals surface area contributed by atoms with E-state index in [1.54, 1.807) is 47.4 Å². The zero-order valence-electron chi connectivity index (χ0n) is 20.9. The fourth-order valence-electron chi connectivity index (χ4n) is 4.92. The summed E-state index contributed by atoms with van der Waals surface area (Å²) in [5, 5.41) is 15.1. The number of halogens is 1. The topological polar surface area (TPSA) is 128 Å². The molecule has 3 N–H and O–H groups in total. The highest BCUT2D eigenvalue weighted by atomic mass is 35.5. The fourth-order valence-corrected chi connectivity index (χ4v) is 5.09. The quantitative estimate of drug-likeness (QED) is 0.427. The summed E-state index contributed by atoms with van der Waals surface area (Å²) in [5.74, 6) is -0.854. The van der Waals surface area contributed by atoms with Crippen LogP contribution in [0.1, 0.15) is 33.9 Å². The Bertz CT molecular complexity index is 1450. The third-order valence-electron chi connectivity index (χ3n) is 7.00. The highest BCUT2D eigenvalue weighted by Crippen LogP contribution is 2.44. The Labute approximate surface area is 229 Å². The predicted octanol–water partition coefficient (Wildman–Crippen LogP) is 4.62. The minimum Gasteiger partial charge on any atom is -0.465 e. The lowest BCUT2D eigenvalue weighted by atomic mass is 9.90. The molecule has 10 nitrogen and oxygen atoms in total. The van der Waals surface area contributed by atoms with Crippen molar-refractivity contribution in [2.24, 2.45) is 0 Å². The first kappa shape index (κ1) is 26.1. The Morgan fingerprint density at radius 3 is 2.51 bits per heavy atom. The van der Waals surface area contributed by atoms with E-state index in [0.29, 0.717) is 40.5 Å². The van der Waals surface area contributed by atoms with Gasteiger partial charge in [0.2, 0.25) is 5.91 Å². The van der Waals surface area contributed by atoms with Crippen molar-refractivity contribution in [1.29, 1.82) is 0 Å². The Morgan fingerprint density at radius 2 is 1.82 bits per heavy atom. The van der Waals surface area contributed by atoms with E-state index in [1.165, 1.54) is 31.3 Å². The maximum atomic E-state index is 13.9. The predicted molar refractivity (Wildman–Crippen MR) is 144 cm³/mol. The number of hydrogen-bond donors (Lipinski definition) is 3. The molecule has 2 aliphatic rings. The summed E-state index contributed by atoms with van der Waals surface area (Å²) in [4.78, 5) is 53.2. The summed E-state index contributed by atoms with van der Waals surface area (Å²) < 4.78 is 5.74. The minimum absolute atomic E-state index is 0.0992. The lowest BCUT2D eigenvalue weighted by Gasteiger charge is -2.35. The summed E-state index contributed by atoms with van der Waals surface area (Å²) in [5.41, 5.74) is 1.46. The zero-order valence-corrected chi connectivity index (χ0v) is 21.6. The molecular formula is C28H25ClN4O6. The molecule has 2 aliphatic heterocycles. The number of carboxylic acid groups (broad SMARTS) is 1. The number of rotatable bonds is 5. The summed E-state index contributed by atoms with van der Waals surface area (Å²) in [6.07, 6.45) is -1.37. The van der Waals surface area contributed by atoms with Gasteiger partial charge in [-0.05, 0) is 48.0 Å². The summed E-state index contributed by atoms with van der Waals surface area (Å²) in [6.45, 7) is 0.398. The second-order valence-corrected chi connectivity index (χ2v) is 9.85. The van der Waals surface area contributed by atoms with Crippen LogP contribution in [-0.2, 0) is 15.1 Å². The number of benzene rings is 3. The number of carbonyl (C=O) groups is 4. The van der Waals surface area contributed by atoms with E-state index < -0.39 is 29.7 Å². The average Bonchev–Trinajstić information content (AvgIpc) is 3.36. The summed E-state index contributed by atoms with van der Waals surface area (Å²) >= 11 is 6.23. The van der Waals surface area contributed by atoms with Crippen LogP contribution in [0.15, 0.2) is 72.8 Å². The fraction of sp³-hybridized carbons (Fsp3) is 0.214. The number of nitrogens with zero attached hydrogens (tertiary/aromatic N) is 2. The molecule has 2 heterocycles. The van der Waals surface area contributed by atoms with Crippen LogP contribution in [0.4, 0.5) is 21.0 Å². The number of ether oxygens (including phenoxy) is 1. The van der Waals surface area contributed by atoms with Gasteiger partial charge in [0.25, 0.3) is 5.91 Å². The summed E-state index contributed by atoms with van der Waals surface area (Å²) in [7, 11) is 1.40. The van der Waals surface area contributed by atoms with Crippen molar-refractivity contribution in [3.8, 4) is 0 Å². The van der Waals surface area contributed by atoms with E-state index in [1.807, 2.05) is 6.07 Å². The molecule has 11 heteroatoms. The molecule has 39 heavy (non-hydrogen) atoms. The first-order chi connectivity index (χ1) is 18.7. The van der Waals surface area contributed by atoms with Gasteiger partial charge >= 0.3 is 12.2 Å². The number of anilines is 2. The van der Waals surface area contributed by atoms with Crippen molar-refractivity contribution in [2.75, 3.05) is 30.4 Å². The minimum atomic E-state index is -1.13. The van der Waals surface area contributed by atoms with Gasteiger partial charge in [0.05, 0.1) is 12.2 Å². The van der Waals surface area contributed by atoms with Gasteiger partial charge in [0.1, 0.15) is 6.04 Å². The molecule has 1 unspecified atom stereocenters. The van der Waals surface area contributed by atoms with Crippen LogP contribution < -0.4 is 15.5 Å². The Morgan fingerprint density at radius 1 is 1.10 bits per heavy atom. The van der Waals surface area contributed by atoms with Gasteiger partial charge in [0, 0.05) is 41.9 Å². The van der Waals surface area contributed by atoms with Crippen LogP contribution in [0, 0.1) is 0 Å². The highest BCUT2D eigenvalue weighted by Gasteiger charge is 2.49. The van der Waals surface area contributed by atoms with Gasteiger partial charge in [0.15, 0.2) is 5.60 Å². The van der Waals surface area contributed by atoms with Crippen LogP contribution in [0.3, 0.4) is 0 Å². The number of nitrogens with one attached hydrogen (secondary N) is 2. The molecule has 1 fully saturated rings. The van der Waals surface area contributed by atoms with Gasteiger partial charge < -0.3 is 20.1 Å². The first-order valence-corrected chi connectivity index (χ1v) is 12.6. The van der Waals surface area contributed by atoms with Gasteiger partial charge in [-0.15, -0.1) is 0 Å². The maximum absolute atomic E-state index is 13.9. The van der Waals surface area contributed by atoms with Crippen molar-refractivity contribution in [3.63, 3.8) is 0 Å². The number of fused-ring (bicyclic) bond motifs is 2. The number of hydrogen-bond acceptors (Lipinski definition) is 5. The molecule has 5 rings (SSSR count). The smallest absolute Gasteiger partial charge is 0.412 e. The van der Waals surface area contributed by atoms with E-state index in [0.717, 1.165) is 4.90 Å². The Hall–Kier alpha value is -4.57. The van der Waals surface area contributed by atoms with E-state index in [2.05, 4.69) is 10.6 Å². The maximum Gasteiger partial charge on any atom is 0.412 e. The standard InChI is InChI=1S/C28H25ClN4O6/c1-32(27(37)38)20-10-7-18(8-11-20)24(34)31-23(17-5-3-2-4-6-17)25(35)33-14-13-28(16-33)21-15-19(29)9-12-22(21)30-26(36)39-28/h2-12,15,23H,13-14,16H2,1H3,(H,30,36)(H,31,34)(H,37,38)/t23-,28?/m0/s1. The number of carbonyl (C=O) groups excluding carboxylic acids is 3. The second kappa shape index (κ2) is 10.3. The molecule has 2 atom stereocenters. The van der Waals surface area contributed by atoms with Crippen LogP contribution in [0.5, 0.6) is 0 Å². The van der Waals surface area contributed by atoms with Crippen LogP contribution in [0.2, 0.25) is 5.02 Å². The Balaban J connectivity index is 1.39. The number of likely N-dealkylation sites (tertiary alicyclic amines) is 1. The number of amides is 4. The average molecular weight is 549 g/mol. The normalized spacial score (nSPS) is 18.5. The molecule has 3 aromatic rings. The highest BCUT2D eigenvalue weighted by molar-refractivity contribution is 6.30. The van der Waals surface area contributed by atoms with Crippen molar-refractivity contribution < 1.29 is 29.0 Å². The third-order valence-corrected chi connectivity index (χ3v) is 7.23. The molecule has 4 amide bonds. The monoisotopic (exact) mass is 548 g/mol. The van der Waals surface area contributed by atoms with E-state index in [-0.39, 0.29) is 18.0 Å². The van der Waals surface area contributed by atoms with E-state index in [4.69, 9.17) is 21.4 Å². The molecule has 0 aromatic heterocycles. The second-order valence-electron chi connectivity index (χ2n) is 9.41. The van der Waals surface area contributed by atoms with Crippen LogP contribution in [-0.4, -0.2) is 54.1 Å². The van der Waals surface area contributed by atoms with Crippen molar-refractivity contribution in [1.82, 2.24) is 10.2 Å². The van der Waals surface area contributed by atoms with Gasteiger partial charge in [-0.2, -0.15) is 0 Å². The summed E-state index contributed by atoms with van der Waals surface area (Å²) in [6, 6.07) is 19.0. The molecule has 1 saturated heterocycles. The van der Waals surface area contributed by atoms with Gasteiger partial charge in [-0.25, -0.2) is 9.59 Å². The zero-order chi connectivity index (χ0) is 27.7. The van der Waals surface area contributed by atoms with Crippen LogP contribution >= 0.6 is 11.6 Å². The molecular weight excluding hydrogens is 524 g/mol. The van der Waals surface area contributed by atoms with Crippen molar-refractivity contribution >= 4 is 47.0 Å². The van der Waals surface area contributed by atoms with Crippen molar-refractivity contribution in [3.05, 3.63) is 94.5 Å². The van der Waals surface area contributed by atoms with E-state index in [9.17, 15) is 19.2 Å². The lowest BCUT2D eigenvalue weighted by molar-refractivity contribution is -0.133. The Kier molecular flexibility index (Phi) is 6.88. The molecule has 0 aliphatic carbocycles. The van der Waals surface area contributed by atoms with Gasteiger partial charge in [-0.1, -0.05) is 41.9 Å². The molecule has 3 aromatic carbocycles. The van der Waals surface area contributed by atoms with E-state index >= 15 is 0 Å². The molecule has 0 radical (unpaired) electrons. The first-order valence-electron chi connectivity index (χ1n) is 12.2. The molecule has 0 saturated carbocycles. The van der Waals surface area contributed by atoms with Gasteiger partial charge in [-0.3, -0.25) is 19.8 Å². The van der Waals surface area contributed by atoms with Crippen molar-refractivity contribution in [2.45, 2.75) is 18.1 Å². The third kappa shape index (κ3) is 5.10. The SMILES string of the molecule is CN(C(=O)O)c1ccc(C(=O)N[C@H](C(=O)N2CCC3(C2)OC(=O)Nc2ccc(Cl)cc23)c2ccccc2)cc1. The van der Waals surface area contributed by atoms with Crippen LogP contribution in [0.25, 0.3) is 0 Å². The largest absolute Gasteiger partial charge is 0.465 e. The lowest BCUT2D eigenvalue weighted by Crippen LogP contribution is -2.46. The molecule has 200 valence electrons. The molecule has 1 spiro atoms. The molecule has 0 bridgehead atoms.